The lowest BCUT2D eigenvalue weighted by atomic mass is 9.95. The molecule has 0 N–H and O–H groups in total. The number of allylic oxidation sites excluding steroid dienone is 2. The minimum atomic E-state index is -1.84. The van der Waals surface area contributed by atoms with Gasteiger partial charge in [-0.15, -0.1) is 0 Å². The predicted octanol–water partition coefficient (Wildman–Crippen LogP) is 10.4. The van der Waals surface area contributed by atoms with Crippen molar-refractivity contribution < 1.29 is 0 Å². The van der Waals surface area contributed by atoms with Crippen molar-refractivity contribution in [3.8, 4) is 22.3 Å². The molecule has 0 fully saturated rings. The van der Waals surface area contributed by atoms with Crippen LogP contribution in [0.2, 0.25) is 12.1 Å². The van der Waals surface area contributed by atoms with Gasteiger partial charge in [0, 0.05) is 0 Å². The van der Waals surface area contributed by atoms with E-state index >= 15 is 0 Å². The second-order valence-corrected chi connectivity index (χ2v) is 16.9. The van der Waals surface area contributed by atoms with Crippen molar-refractivity contribution in [3.63, 3.8) is 0 Å². The first-order valence-electron chi connectivity index (χ1n) is 14.6. The molecule has 0 spiro atoms. The molecule has 2 aliphatic carbocycles. The second-order valence-electron chi connectivity index (χ2n) is 12.0. The van der Waals surface area contributed by atoms with Crippen molar-refractivity contribution >= 4 is 20.2 Å². The Morgan fingerprint density at radius 1 is 0.538 bits per heavy atom. The van der Waals surface area contributed by atoms with E-state index in [0.717, 1.165) is 12.8 Å². The first-order valence-corrected chi connectivity index (χ1v) is 17.1. The van der Waals surface area contributed by atoms with Crippen LogP contribution in [0.4, 0.5) is 0 Å². The number of hydrogen-bond donors (Lipinski definition) is 0. The van der Waals surface area contributed by atoms with E-state index in [4.69, 9.17) is 0 Å². The Bertz CT molecular complexity index is 1500. The molecule has 6 rings (SSSR count). The van der Waals surface area contributed by atoms with Crippen molar-refractivity contribution in [2.45, 2.75) is 66.5 Å². The Labute approximate surface area is 236 Å². The number of benzene rings is 4. The molecule has 0 atom stereocenters. The monoisotopic (exact) mass is 524 g/mol. The summed E-state index contributed by atoms with van der Waals surface area (Å²) in [6.07, 6.45) is 7.46. The van der Waals surface area contributed by atoms with Crippen LogP contribution in [0, 0.1) is 27.7 Å². The van der Waals surface area contributed by atoms with E-state index in [1.807, 2.05) is 0 Å². The van der Waals surface area contributed by atoms with E-state index in [1.54, 1.807) is 10.4 Å². The van der Waals surface area contributed by atoms with Crippen LogP contribution in [0.15, 0.2) is 83.2 Å². The van der Waals surface area contributed by atoms with E-state index < -0.39 is 8.07 Å². The maximum absolute atomic E-state index is 2.62. The zero-order valence-corrected chi connectivity index (χ0v) is 25.4. The Kier molecular flexibility index (Phi) is 6.59. The zero-order chi connectivity index (χ0) is 27.3. The average Bonchev–Trinajstić information content (AvgIpc) is 3.53. The maximum Gasteiger partial charge on any atom is 0.109 e. The van der Waals surface area contributed by atoms with Crippen LogP contribution in [0.3, 0.4) is 0 Å². The molecule has 0 aromatic heterocycles. The molecular formula is C38H40Si. The summed E-state index contributed by atoms with van der Waals surface area (Å²) < 4.78 is 0. The predicted molar refractivity (Wildman–Crippen MR) is 173 cm³/mol. The molecule has 1 heteroatoms. The van der Waals surface area contributed by atoms with E-state index in [-0.39, 0.29) is 0 Å². The first kappa shape index (κ1) is 25.8. The van der Waals surface area contributed by atoms with Crippen molar-refractivity contribution in [1.82, 2.24) is 0 Å². The fourth-order valence-electron chi connectivity index (χ4n) is 7.48. The Balaban J connectivity index is 1.44. The zero-order valence-electron chi connectivity index (χ0n) is 24.4. The summed E-state index contributed by atoms with van der Waals surface area (Å²) in [4.78, 5) is 0. The highest BCUT2D eigenvalue weighted by molar-refractivity contribution is 6.94. The number of fused-ring (bicyclic) bond motifs is 2. The van der Waals surface area contributed by atoms with Gasteiger partial charge < -0.3 is 0 Å². The molecule has 0 saturated carbocycles. The van der Waals surface area contributed by atoms with Gasteiger partial charge in [-0.2, -0.15) is 0 Å². The minimum Gasteiger partial charge on any atom is -0.0709 e. The van der Waals surface area contributed by atoms with Crippen LogP contribution in [-0.2, 0) is 12.8 Å². The molecule has 0 nitrogen and oxygen atoms in total. The van der Waals surface area contributed by atoms with Gasteiger partial charge in [0.1, 0.15) is 8.07 Å². The molecule has 196 valence electrons. The largest absolute Gasteiger partial charge is 0.109 e. The van der Waals surface area contributed by atoms with Crippen molar-refractivity contribution in [2.24, 2.45) is 0 Å². The van der Waals surface area contributed by atoms with Crippen LogP contribution in [0.5, 0.6) is 0 Å². The maximum atomic E-state index is 2.62. The molecule has 0 saturated heterocycles. The SMILES string of the molecule is CC[Si](CC)(C1=Cc2c(cccc2-c2cc(C)cc(C)c2)C1)C1=Cc2c(cccc2-c2cc(C)cc(C)c2)C1. The van der Waals surface area contributed by atoms with Crippen LogP contribution in [0.25, 0.3) is 34.4 Å². The van der Waals surface area contributed by atoms with Gasteiger partial charge in [0.25, 0.3) is 0 Å². The third-order valence-corrected chi connectivity index (χ3v) is 14.8. The third kappa shape index (κ3) is 4.47. The van der Waals surface area contributed by atoms with E-state index in [1.165, 1.54) is 78.8 Å². The Morgan fingerprint density at radius 2 is 0.923 bits per heavy atom. The van der Waals surface area contributed by atoms with Crippen LogP contribution < -0.4 is 0 Å². The lowest BCUT2D eigenvalue weighted by molar-refractivity contribution is 1.15. The summed E-state index contributed by atoms with van der Waals surface area (Å²) in [5.74, 6) is 0. The van der Waals surface area contributed by atoms with Gasteiger partial charge in [0.05, 0.1) is 0 Å². The second kappa shape index (κ2) is 9.95. The highest BCUT2D eigenvalue weighted by Crippen LogP contribution is 2.46. The quantitative estimate of drug-likeness (QED) is 0.220. The van der Waals surface area contributed by atoms with Crippen molar-refractivity contribution in [3.05, 3.63) is 128 Å². The molecular weight excluding hydrogens is 485 g/mol. The molecule has 39 heavy (non-hydrogen) atoms. The first-order chi connectivity index (χ1) is 18.8. The Morgan fingerprint density at radius 3 is 1.28 bits per heavy atom. The smallest absolute Gasteiger partial charge is 0.0709 e. The molecule has 0 amide bonds. The molecule has 2 aliphatic rings. The summed E-state index contributed by atoms with van der Waals surface area (Å²) >= 11 is 0. The summed E-state index contributed by atoms with van der Waals surface area (Å²) in [6, 6.07) is 30.4. The fraction of sp³-hybridized carbons (Fsp3) is 0.263. The van der Waals surface area contributed by atoms with Gasteiger partial charge >= 0.3 is 0 Å². The topological polar surface area (TPSA) is 0 Å². The lowest BCUT2D eigenvalue weighted by Crippen LogP contribution is -2.39. The fourth-order valence-corrected chi connectivity index (χ4v) is 12.1. The average molecular weight is 525 g/mol. The minimum absolute atomic E-state index is 1.11. The molecule has 0 unspecified atom stereocenters. The van der Waals surface area contributed by atoms with Gasteiger partial charge in [-0.1, -0.05) is 144 Å². The molecule has 0 radical (unpaired) electrons. The number of aryl methyl sites for hydroxylation is 4. The number of hydrogen-bond acceptors (Lipinski definition) is 0. The summed E-state index contributed by atoms with van der Waals surface area (Å²) in [5, 5.41) is 3.46. The number of rotatable bonds is 6. The van der Waals surface area contributed by atoms with Crippen LogP contribution >= 0.6 is 0 Å². The molecule has 0 heterocycles. The third-order valence-electron chi connectivity index (χ3n) is 9.29. The normalized spacial score (nSPS) is 14.2. The van der Waals surface area contributed by atoms with Gasteiger partial charge in [-0.25, -0.2) is 0 Å². The van der Waals surface area contributed by atoms with Crippen molar-refractivity contribution in [1.29, 1.82) is 0 Å². The molecule has 0 bridgehead atoms. The van der Waals surface area contributed by atoms with E-state index in [2.05, 4.69) is 126 Å². The highest BCUT2D eigenvalue weighted by atomic mass is 28.3. The lowest BCUT2D eigenvalue weighted by Gasteiger charge is -2.33. The molecule has 0 aliphatic heterocycles. The summed E-state index contributed by atoms with van der Waals surface area (Å²) in [7, 11) is -1.84. The van der Waals surface area contributed by atoms with Gasteiger partial charge in [0.15, 0.2) is 0 Å². The van der Waals surface area contributed by atoms with E-state index in [0.29, 0.717) is 0 Å². The van der Waals surface area contributed by atoms with Gasteiger partial charge in [-0.05, 0) is 85.0 Å². The van der Waals surface area contributed by atoms with Crippen molar-refractivity contribution in [2.75, 3.05) is 0 Å². The molecule has 4 aromatic carbocycles. The summed E-state index contributed by atoms with van der Waals surface area (Å²) in [5.41, 5.74) is 16.8. The van der Waals surface area contributed by atoms with Crippen LogP contribution in [0.1, 0.15) is 58.4 Å². The van der Waals surface area contributed by atoms with Gasteiger partial charge in [-0.3, -0.25) is 0 Å². The highest BCUT2D eigenvalue weighted by Gasteiger charge is 2.41. The Hall–Kier alpha value is -3.42. The van der Waals surface area contributed by atoms with Gasteiger partial charge in [0.2, 0.25) is 0 Å². The van der Waals surface area contributed by atoms with E-state index in [9.17, 15) is 0 Å². The van der Waals surface area contributed by atoms with Crippen LogP contribution in [-0.4, -0.2) is 8.07 Å². The molecule has 4 aromatic rings. The standard InChI is InChI=1S/C38H40Si/c1-7-39(8-2,33-21-29-11-9-13-35(37(29)23-33)31-17-25(3)15-26(4)18-31)34-22-30-12-10-14-36(38(30)24-34)32-19-27(5)16-28(6)20-32/h9-20,23-24H,7-8,21-22H2,1-6H3. The summed E-state index contributed by atoms with van der Waals surface area (Å²) in [6.45, 7) is 13.8.